The van der Waals surface area contributed by atoms with E-state index in [-0.39, 0.29) is 5.82 Å². The molecule has 0 spiro atoms. The van der Waals surface area contributed by atoms with Gasteiger partial charge in [-0.2, -0.15) is 0 Å². The predicted octanol–water partition coefficient (Wildman–Crippen LogP) is 1.10. The highest BCUT2D eigenvalue weighted by molar-refractivity contribution is 6.32. The van der Waals surface area contributed by atoms with Crippen molar-refractivity contribution in [3.05, 3.63) is 36.4 Å². The Balaban J connectivity index is 1.83. The van der Waals surface area contributed by atoms with Crippen LogP contribution in [0.3, 0.4) is 0 Å². The minimum atomic E-state index is -1.28. The van der Waals surface area contributed by atoms with Gasteiger partial charge in [0.25, 0.3) is 5.91 Å². The number of hydrogen-bond acceptors (Lipinski definition) is 8. The normalized spacial score (nSPS) is 17.2. The summed E-state index contributed by atoms with van der Waals surface area (Å²) in [6.45, 7) is 0. The highest BCUT2D eigenvalue weighted by Crippen LogP contribution is 2.23. The number of carbonyl (C=O) groups excluding carboxylic acids is 3. The summed E-state index contributed by atoms with van der Waals surface area (Å²) < 4.78 is 9.94. The van der Waals surface area contributed by atoms with Crippen LogP contribution in [0.4, 0.5) is 16.3 Å². The zero-order valence-electron chi connectivity index (χ0n) is 14.4. The van der Waals surface area contributed by atoms with Crippen molar-refractivity contribution in [3.63, 3.8) is 0 Å². The minimum absolute atomic E-state index is 0.185. The molecule has 1 saturated heterocycles. The molecule has 1 N–H and O–H groups in total. The monoisotopic (exact) mass is 369 g/mol. The summed E-state index contributed by atoms with van der Waals surface area (Å²) in [4.78, 5) is 41.7. The summed E-state index contributed by atoms with van der Waals surface area (Å²) in [7, 11) is 2.95. The third-order valence-corrected chi connectivity index (χ3v) is 3.72. The molecule has 10 nitrogen and oxygen atoms in total. The number of methoxy groups -OCH3 is 2. The Hall–Kier alpha value is -3.82. The molecule has 1 aliphatic heterocycles. The van der Waals surface area contributed by atoms with Crippen molar-refractivity contribution in [3.8, 4) is 11.6 Å². The second-order valence-electron chi connectivity index (χ2n) is 5.36. The molecular formula is C17H15N5O5. The number of nitrogens with zero attached hydrogens (tertiary/aromatic N) is 4. The molecule has 1 aliphatic rings. The largest absolute Gasteiger partial charge is 0.497 e. The summed E-state index contributed by atoms with van der Waals surface area (Å²) in [5.74, 6) is -1.72. The number of carbonyl (C=O) groups is 3. The van der Waals surface area contributed by atoms with Crippen LogP contribution in [-0.2, 0) is 9.59 Å². The summed E-state index contributed by atoms with van der Waals surface area (Å²) in [6, 6.07) is 8.49. The first-order valence-electron chi connectivity index (χ1n) is 7.78. The number of anilines is 1. The van der Waals surface area contributed by atoms with Gasteiger partial charge >= 0.3 is 6.03 Å². The number of aromatic nitrogens is 2. The average Bonchev–Trinajstić information content (AvgIpc) is 2.68. The number of aliphatic imine (C=N–C) groups is 1. The van der Waals surface area contributed by atoms with Crippen LogP contribution in [0.15, 0.2) is 41.4 Å². The van der Waals surface area contributed by atoms with Crippen molar-refractivity contribution >= 4 is 35.6 Å². The van der Waals surface area contributed by atoms with Crippen molar-refractivity contribution in [1.29, 1.82) is 0 Å². The van der Waals surface area contributed by atoms with Crippen molar-refractivity contribution in [2.24, 2.45) is 10.9 Å². The molecule has 3 rings (SSSR count). The Morgan fingerprint density at radius 1 is 1.04 bits per heavy atom. The number of rotatable bonds is 5. The number of nitrogens with one attached hydrogen (secondary N) is 1. The molecule has 2 heterocycles. The van der Waals surface area contributed by atoms with Gasteiger partial charge in [0.1, 0.15) is 5.75 Å². The number of benzene rings is 1. The maximum atomic E-state index is 12.7. The molecule has 0 aliphatic carbocycles. The van der Waals surface area contributed by atoms with Crippen LogP contribution in [0, 0.1) is 5.92 Å². The van der Waals surface area contributed by atoms with Crippen molar-refractivity contribution < 1.29 is 23.9 Å². The lowest BCUT2D eigenvalue weighted by molar-refractivity contribution is -0.131. The Bertz CT molecular complexity index is 895. The van der Waals surface area contributed by atoms with Crippen LogP contribution in [0.25, 0.3) is 0 Å². The quantitative estimate of drug-likeness (QED) is 0.618. The lowest BCUT2D eigenvalue weighted by Crippen LogP contribution is -2.58. The highest BCUT2D eigenvalue weighted by Gasteiger charge is 2.40. The fraction of sp³-hybridized carbons (Fsp3) is 0.176. The number of urea groups is 1. The fourth-order valence-corrected chi connectivity index (χ4v) is 2.34. The fourth-order valence-electron chi connectivity index (χ4n) is 2.34. The van der Waals surface area contributed by atoms with Crippen LogP contribution in [0.1, 0.15) is 0 Å². The van der Waals surface area contributed by atoms with Gasteiger partial charge in [0, 0.05) is 12.3 Å². The van der Waals surface area contributed by atoms with Gasteiger partial charge < -0.3 is 9.47 Å². The molecule has 27 heavy (non-hydrogen) atoms. The van der Waals surface area contributed by atoms with E-state index in [9.17, 15) is 14.4 Å². The minimum Gasteiger partial charge on any atom is -0.497 e. The van der Waals surface area contributed by atoms with E-state index in [2.05, 4.69) is 20.5 Å². The van der Waals surface area contributed by atoms with Gasteiger partial charge in [-0.3, -0.25) is 14.9 Å². The average molecular weight is 369 g/mol. The molecule has 1 atom stereocenters. The van der Waals surface area contributed by atoms with Crippen LogP contribution in [0.2, 0.25) is 0 Å². The second kappa shape index (κ2) is 7.60. The standard InChI is InChI=1S/C17H15N5O5/c1-26-11-5-3-10(4-6-11)22-16(24)12(15(23)19-17(22)25)9-18-13-7-8-14(27-2)21-20-13/h3-9,12H,1-2H3,(H,19,23,25)/t12-/m0/s1. The van der Waals surface area contributed by atoms with Gasteiger partial charge in [0.15, 0.2) is 11.7 Å². The van der Waals surface area contributed by atoms with Crippen LogP contribution >= 0.6 is 0 Å². The molecule has 0 bridgehead atoms. The van der Waals surface area contributed by atoms with Gasteiger partial charge in [-0.1, -0.05) is 0 Å². The van der Waals surface area contributed by atoms with Gasteiger partial charge in [0.2, 0.25) is 11.8 Å². The summed E-state index contributed by atoms with van der Waals surface area (Å²) in [5, 5.41) is 9.67. The molecular weight excluding hydrogens is 354 g/mol. The summed E-state index contributed by atoms with van der Waals surface area (Å²) in [6.07, 6.45) is 1.12. The molecule has 1 fully saturated rings. The van der Waals surface area contributed by atoms with Gasteiger partial charge in [-0.25, -0.2) is 14.7 Å². The van der Waals surface area contributed by atoms with Crippen LogP contribution in [0.5, 0.6) is 11.6 Å². The highest BCUT2D eigenvalue weighted by atomic mass is 16.5. The molecule has 0 radical (unpaired) electrons. The predicted molar refractivity (Wildman–Crippen MR) is 94.2 cm³/mol. The number of amides is 4. The molecule has 1 aromatic carbocycles. The van der Waals surface area contributed by atoms with Gasteiger partial charge in [-0.15, -0.1) is 10.2 Å². The maximum absolute atomic E-state index is 12.7. The van der Waals surface area contributed by atoms with Crippen LogP contribution < -0.4 is 19.7 Å². The van der Waals surface area contributed by atoms with Crippen molar-refractivity contribution in [1.82, 2.24) is 15.5 Å². The van der Waals surface area contributed by atoms with E-state index in [1.165, 1.54) is 38.5 Å². The Labute approximate surface area is 153 Å². The van der Waals surface area contributed by atoms with Gasteiger partial charge in [0.05, 0.1) is 19.9 Å². The lowest BCUT2D eigenvalue weighted by atomic mass is 10.1. The van der Waals surface area contributed by atoms with Crippen molar-refractivity contribution in [2.75, 3.05) is 19.1 Å². The molecule has 10 heteroatoms. The Morgan fingerprint density at radius 3 is 2.37 bits per heavy atom. The molecule has 138 valence electrons. The number of barbiturate groups is 1. The first kappa shape index (κ1) is 18.0. The van der Waals surface area contributed by atoms with Crippen molar-refractivity contribution in [2.45, 2.75) is 0 Å². The van der Waals surface area contributed by atoms with E-state index in [0.717, 1.165) is 11.1 Å². The molecule has 4 amide bonds. The van der Waals surface area contributed by atoms with E-state index < -0.39 is 23.8 Å². The van der Waals surface area contributed by atoms with Gasteiger partial charge in [-0.05, 0) is 30.3 Å². The molecule has 1 aromatic heterocycles. The Morgan fingerprint density at radius 2 is 1.78 bits per heavy atom. The molecule has 0 saturated carbocycles. The number of imide groups is 2. The van der Waals surface area contributed by atoms with E-state index in [1.54, 1.807) is 12.1 Å². The first-order chi connectivity index (χ1) is 13.0. The van der Waals surface area contributed by atoms with E-state index in [1.807, 2.05) is 0 Å². The number of ether oxygens (including phenoxy) is 2. The third kappa shape index (κ3) is 3.73. The van der Waals surface area contributed by atoms with E-state index >= 15 is 0 Å². The third-order valence-electron chi connectivity index (χ3n) is 3.72. The first-order valence-corrected chi connectivity index (χ1v) is 7.78. The smallest absolute Gasteiger partial charge is 0.335 e. The van der Waals surface area contributed by atoms with E-state index in [0.29, 0.717) is 17.3 Å². The summed E-state index contributed by atoms with van der Waals surface area (Å²) in [5.41, 5.74) is 0.299. The summed E-state index contributed by atoms with van der Waals surface area (Å²) >= 11 is 0. The lowest BCUT2D eigenvalue weighted by Gasteiger charge is -2.28. The van der Waals surface area contributed by atoms with Crippen LogP contribution in [-0.4, -0.2) is 48.5 Å². The molecule has 0 unspecified atom stereocenters. The maximum Gasteiger partial charge on any atom is 0.335 e. The zero-order chi connectivity index (χ0) is 19.4. The topological polar surface area (TPSA) is 123 Å². The second-order valence-corrected chi connectivity index (χ2v) is 5.36. The van der Waals surface area contributed by atoms with E-state index in [4.69, 9.17) is 9.47 Å². The SMILES string of the molecule is COc1ccc(N2C(=O)NC(=O)[C@H](C=Nc3ccc(OC)nn3)C2=O)cc1. The number of hydrogen-bond donors (Lipinski definition) is 1. The Kier molecular flexibility index (Phi) is 5.06. The molecule has 2 aromatic rings. The zero-order valence-corrected chi connectivity index (χ0v) is 14.4.